The van der Waals surface area contributed by atoms with Crippen molar-refractivity contribution in [2.75, 3.05) is 0 Å². The summed E-state index contributed by atoms with van der Waals surface area (Å²) in [6.07, 6.45) is 2.12. The molecule has 8 heteroatoms. The molecule has 100 valence electrons. The molecule has 0 aliphatic rings. The highest BCUT2D eigenvalue weighted by Crippen LogP contribution is 2.10. The predicted molar refractivity (Wildman–Crippen MR) is 61.0 cm³/mol. The molecule has 0 aliphatic heterocycles. The second-order valence-electron chi connectivity index (χ2n) is 3.92. The van der Waals surface area contributed by atoms with Gasteiger partial charge in [0.15, 0.2) is 11.5 Å². The molecule has 0 aromatic carbocycles. The van der Waals surface area contributed by atoms with Crippen molar-refractivity contribution in [3.05, 3.63) is 41.7 Å². The van der Waals surface area contributed by atoms with Crippen LogP contribution in [-0.2, 0) is 7.05 Å². The number of hydrogen-bond donors (Lipinski definition) is 1. The van der Waals surface area contributed by atoms with Gasteiger partial charge in [0, 0.05) is 13.1 Å². The first-order valence-electron chi connectivity index (χ1n) is 5.45. The zero-order valence-electron chi connectivity index (χ0n) is 10.3. The molecule has 0 bridgehead atoms. The summed E-state index contributed by atoms with van der Waals surface area (Å²) in [7, 11) is 1.67. The van der Waals surface area contributed by atoms with E-state index in [9.17, 15) is 13.6 Å². The maximum Gasteiger partial charge on any atom is 0.273 e. The van der Waals surface area contributed by atoms with E-state index < -0.39 is 29.3 Å². The van der Waals surface area contributed by atoms with Crippen LogP contribution in [0.2, 0.25) is 0 Å². The number of rotatable bonds is 3. The van der Waals surface area contributed by atoms with Gasteiger partial charge < -0.3 is 5.32 Å². The Kier molecular flexibility index (Phi) is 3.50. The highest BCUT2D eigenvalue weighted by atomic mass is 19.1. The maximum atomic E-state index is 13.4. The van der Waals surface area contributed by atoms with Gasteiger partial charge >= 0.3 is 0 Å². The van der Waals surface area contributed by atoms with Crippen LogP contribution in [0.3, 0.4) is 0 Å². The third-order valence-corrected chi connectivity index (χ3v) is 2.50. The fraction of sp³-hybridized carbons (Fsp3) is 0.273. The number of aromatic nitrogens is 4. The van der Waals surface area contributed by atoms with Crippen LogP contribution in [0.5, 0.6) is 0 Å². The Morgan fingerprint density at radius 3 is 2.74 bits per heavy atom. The molecule has 0 radical (unpaired) electrons. The van der Waals surface area contributed by atoms with Gasteiger partial charge in [0.2, 0.25) is 0 Å². The lowest BCUT2D eigenvalue weighted by Gasteiger charge is -2.12. The van der Waals surface area contributed by atoms with Gasteiger partial charge in [-0.3, -0.25) is 9.48 Å². The lowest BCUT2D eigenvalue weighted by molar-refractivity contribution is 0.0928. The van der Waals surface area contributed by atoms with Crippen molar-refractivity contribution >= 4 is 5.91 Å². The van der Waals surface area contributed by atoms with Crippen LogP contribution in [-0.4, -0.2) is 25.7 Å². The highest BCUT2D eigenvalue weighted by molar-refractivity contribution is 5.92. The number of carbonyl (C=O) groups excluding carboxylic acids is 1. The molecule has 1 N–H and O–H groups in total. The summed E-state index contributed by atoms with van der Waals surface area (Å²) in [6.45, 7) is 1.67. The van der Waals surface area contributed by atoms with Gasteiger partial charge in [-0.2, -0.15) is 5.10 Å². The molecule has 1 amide bonds. The van der Waals surface area contributed by atoms with Crippen LogP contribution in [0.4, 0.5) is 8.78 Å². The van der Waals surface area contributed by atoms with E-state index in [1.807, 2.05) is 0 Å². The Morgan fingerprint density at radius 1 is 1.42 bits per heavy atom. The van der Waals surface area contributed by atoms with Crippen molar-refractivity contribution in [2.24, 2.45) is 7.05 Å². The molecule has 2 rings (SSSR count). The topological polar surface area (TPSA) is 72.7 Å². The Bertz CT molecular complexity index is 613. The van der Waals surface area contributed by atoms with Crippen molar-refractivity contribution < 1.29 is 13.6 Å². The number of pyridine rings is 1. The zero-order chi connectivity index (χ0) is 14.0. The van der Waals surface area contributed by atoms with Gasteiger partial charge in [-0.1, -0.05) is 0 Å². The number of hydrogen-bond acceptors (Lipinski definition) is 4. The van der Waals surface area contributed by atoms with E-state index >= 15 is 0 Å². The summed E-state index contributed by atoms with van der Waals surface area (Å²) in [4.78, 5) is 19.2. The van der Waals surface area contributed by atoms with Crippen molar-refractivity contribution in [2.45, 2.75) is 13.0 Å². The monoisotopic (exact) mass is 267 g/mol. The molecule has 0 aliphatic carbocycles. The smallest absolute Gasteiger partial charge is 0.273 e. The summed E-state index contributed by atoms with van der Waals surface area (Å²) in [6, 6.07) is 0.126. The first kappa shape index (κ1) is 13.1. The van der Waals surface area contributed by atoms with E-state index in [2.05, 4.69) is 20.4 Å². The minimum atomic E-state index is -1.01. The molecular formula is C11H11F2N5O. The van der Waals surface area contributed by atoms with E-state index in [0.29, 0.717) is 11.9 Å². The Morgan fingerprint density at radius 2 is 2.16 bits per heavy atom. The van der Waals surface area contributed by atoms with Crippen molar-refractivity contribution in [3.63, 3.8) is 0 Å². The van der Waals surface area contributed by atoms with Gasteiger partial charge in [0.25, 0.3) is 5.91 Å². The summed E-state index contributed by atoms with van der Waals surface area (Å²) in [5.74, 6) is -2.08. The summed E-state index contributed by atoms with van der Waals surface area (Å²) in [5, 5.41) is 6.37. The van der Waals surface area contributed by atoms with Crippen molar-refractivity contribution in [3.8, 4) is 0 Å². The van der Waals surface area contributed by atoms with Crippen LogP contribution < -0.4 is 5.32 Å². The number of nitrogens with zero attached hydrogens (tertiary/aromatic N) is 4. The lowest BCUT2D eigenvalue weighted by atomic mass is 10.2. The minimum absolute atomic E-state index is 0.463. The van der Waals surface area contributed by atoms with Gasteiger partial charge in [0.1, 0.15) is 18.0 Å². The van der Waals surface area contributed by atoms with Crippen molar-refractivity contribution in [1.29, 1.82) is 0 Å². The Labute approximate surface area is 107 Å². The van der Waals surface area contributed by atoms with E-state index in [1.165, 1.54) is 11.0 Å². The average molecular weight is 267 g/mol. The number of nitrogens with one attached hydrogen (secondary N) is 1. The van der Waals surface area contributed by atoms with Gasteiger partial charge in [-0.15, -0.1) is 0 Å². The highest BCUT2D eigenvalue weighted by Gasteiger charge is 2.19. The SMILES string of the molecule is C[C@H](NC(=O)c1ncc(F)cc1F)c1ncnn1C. The molecular weight excluding hydrogens is 256 g/mol. The third-order valence-electron chi connectivity index (χ3n) is 2.50. The summed E-state index contributed by atoms with van der Waals surface area (Å²) in [5.41, 5.74) is -0.463. The molecule has 0 saturated heterocycles. The molecule has 6 nitrogen and oxygen atoms in total. The molecule has 0 fully saturated rings. The Hall–Kier alpha value is -2.38. The number of amides is 1. The van der Waals surface area contributed by atoms with Crippen LogP contribution in [0.15, 0.2) is 18.6 Å². The first-order chi connectivity index (χ1) is 8.99. The normalized spacial score (nSPS) is 12.2. The van der Waals surface area contributed by atoms with Crippen LogP contribution >= 0.6 is 0 Å². The van der Waals surface area contributed by atoms with Gasteiger partial charge in [0.05, 0.1) is 12.2 Å². The molecule has 0 spiro atoms. The van der Waals surface area contributed by atoms with Gasteiger partial charge in [-0.05, 0) is 6.92 Å². The molecule has 2 heterocycles. The number of halogens is 2. The summed E-state index contributed by atoms with van der Waals surface area (Å²) < 4.78 is 27.6. The van der Waals surface area contributed by atoms with Crippen LogP contribution in [0.1, 0.15) is 29.3 Å². The predicted octanol–water partition coefficient (Wildman–Crippen LogP) is 0.979. The van der Waals surface area contributed by atoms with Gasteiger partial charge in [-0.25, -0.2) is 18.7 Å². The van der Waals surface area contributed by atoms with E-state index in [0.717, 1.165) is 6.20 Å². The van der Waals surface area contributed by atoms with E-state index in [-0.39, 0.29) is 0 Å². The lowest BCUT2D eigenvalue weighted by Crippen LogP contribution is -2.30. The largest absolute Gasteiger partial charge is 0.341 e. The fourth-order valence-corrected chi connectivity index (χ4v) is 1.61. The minimum Gasteiger partial charge on any atom is -0.341 e. The number of carbonyl (C=O) groups is 1. The van der Waals surface area contributed by atoms with Crippen molar-refractivity contribution in [1.82, 2.24) is 25.1 Å². The molecule has 1 atom stereocenters. The molecule has 0 saturated carbocycles. The molecule has 19 heavy (non-hydrogen) atoms. The second-order valence-corrected chi connectivity index (χ2v) is 3.92. The van der Waals surface area contributed by atoms with E-state index in [1.54, 1.807) is 14.0 Å². The Balaban J connectivity index is 2.15. The number of aryl methyl sites for hydroxylation is 1. The first-order valence-corrected chi connectivity index (χ1v) is 5.45. The molecule has 0 unspecified atom stereocenters. The molecule has 2 aromatic rings. The quantitative estimate of drug-likeness (QED) is 0.899. The average Bonchev–Trinajstić information content (AvgIpc) is 2.75. The fourth-order valence-electron chi connectivity index (χ4n) is 1.61. The standard InChI is InChI=1S/C11H11F2N5O/c1-6(10-15-5-16-18(10)2)17-11(19)9-8(13)3-7(12)4-14-9/h3-6H,1-2H3,(H,17,19)/t6-/m0/s1. The molecule has 2 aromatic heterocycles. The van der Waals surface area contributed by atoms with Crippen LogP contribution in [0.25, 0.3) is 0 Å². The van der Waals surface area contributed by atoms with Crippen LogP contribution in [0, 0.1) is 11.6 Å². The maximum absolute atomic E-state index is 13.4. The second kappa shape index (κ2) is 5.09. The zero-order valence-corrected chi connectivity index (χ0v) is 10.3. The third kappa shape index (κ3) is 2.72. The summed E-state index contributed by atoms with van der Waals surface area (Å²) >= 11 is 0. The van der Waals surface area contributed by atoms with E-state index in [4.69, 9.17) is 0 Å².